The van der Waals surface area contributed by atoms with Gasteiger partial charge in [0.15, 0.2) is 0 Å². The maximum atomic E-state index is 12.8. The molecule has 0 bridgehead atoms. The second kappa shape index (κ2) is 10.4. The Kier molecular flexibility index (Phi) is 7.79. The van der Waals surface area contributed by atoms with Crippen LogP contribution in [-0.2, 0) is 17.6 Å². The van der Waals surface area contributed by atoms with Crippen molar-refractivity contribution in [2.45, 2.75) is 53.5 Å². The molecule has 170 valence electrons. The highest BCUT2D eigenvalue weighted by Gasteiger charge is 2.17. The third-order valence-electron chi connectivity index (χ3n) is 5.26. The number of hydrogen-bond acceptors (Lipinski definition) is 7. The fraction of sp³-hybridized carbons (Fsp3) is 0.417. The minimum atomic E-state index is -0.168. The summed E-state index contributed by atoms with van der Waals surface area (Å²) in [6.45, 7) is 10.0. The second-order valence-corrected chi connectivity index (χ2v) is 10.4. The predicted molar refractivity (Wildman–Crippen MR) is 130 cm³/mol. The quantitative estimate of drug-likeness (QED) is 0.474. The van der Waals surface area contributed by atoms with Gasteiger partial charge in [-0.3, -0.25) is 9.59 Å². The summed E-state index contributed by atoms with van der Waals surface area (Å²) in [5, 5.41) is 6.76. The van der Waals surface area contributed by atoms with Crippen molar-refractivity contribution in [3.63, 3.8) is 0 Å². The van der Waals surface area contributed by atoms with Crippen molar-refractivity contribution >= 4 is 34.4 Å². The number of rotatable bonds is 9. The van der Waals surface area contributed by atoms with E-state index in [0.29, 0.717) is 17.2 Å². The highest BCUT2D eigenvalue weighted by molar-refractivity contribution is 7.16. The lowest BCUT2D eigenvalue weighted by Gasteiger charge is -2.18. The number of aryl methyl sites for hydroxylation is 2. The number of hydrogen-bond donors (Lipinski definition) is 1. The van der Waals surface area contributed by atoms with Crippen LogP contribution in [0.1, 0.15) is 52.4 Å². The Hall–Kier alpha value is -2.58. The molecular formula is C24H29N3O3S2. The van der Waals surface area contributed by atoms with Gasteiger partial charge in [0.2, 0.25) is 0 Å². The molecule has 0 aliphatic rings. The summed E-state index contributed by atoms with van der Waals surface area (Å²) in [4.78, 5) is 35.6. The molecule has 2 heterocycles. The van der Waals surface area contributed by atoms with Crippen molar-refractivity contribution in [3.05, 3.63) is 50.4 Å². The predicted octanol–water partition coefficient (Wildman–Crippen LogP) is 5.02. The van der Waals surface area contributed by atoms with Crippen LogP contribution in [0.4, 0.5) is 0 Å². The maximum Gasteiger partial charge on any atom is 0.251 e. The molecule has 0 saturated heterocycles. The number of thiazole rings is 2. The molecule has 3 rings (SSSR count). The summed E-state index contributed by atoms with van der Waals surface area (Å²) in [7, 11) is 1.56. The molecule has 0 aliphatic carbocycles. The number of nitrogens with zero attached hydrogens (tertiary/aromatic N) is 2. The number of Topliss-reactive ketones (excluding diaryl/α,β-unsaturated/α-hetero) is 1. The van der Waals surface area contributed by atoms with Gasteiger partial charge in [0, 0.05) is 23.4 Å². The van der Waals surface area contributed by atoms with Gasteiger partial charge in [-0.2, -0.15) is 0 Å². The number of carbonyl (C=O) groups excluding carboxylic acids is 2. The molecule has 0 fully saturated rings. The first kappa shape index (κ1) is 24.1. The van der Waals surface area contributed by atoms with Crippen LogP contribution in [0.5, 0.6) is 5.75 Å². The van der Waals surface area contributed by atoms with Crippen molar-refractivity contribution in [1.29, 1.82) is 0 Å². The lowest BCUT2D eigenvalue weighted by atomic mass is 10.0. The van der Waals surface area contributed by atoms with Gasteiger partial charge in [-0.1, -0.05) is 13.8 Å². The van der Waals surface area contributed by atoms with Crippen LogP contribution in [0, 0.1) is 19.8 Å². The Labute approximate surface area is 197 Å². The number of methoxy groups -OCH3 is 1. The van der Waals surface area contributed by atoms with E-state index in [1.165, 1.54) is 11.3 Å². The minimum Gasteiger partial charge on any atom is -0.497 e. The Morgan fingerprint density at radius 2 is 1.84 bits per heavy atom. The Balaban J connectivity index is 1.71. The summed E-state index contributed by atoms with van der Waals surface area (Å²) in [6.07, 6.45) is 0.468. The first-order chi connectivity index (χ1) is 15.2. The molecule has 0 radical (unpaired) electrons. The number of carbonyl (C=O) groups is 2. The van der Waals surface area contributed by atoms with Crippen LogP contribution in [0.2, 0.25) is 0 Å². The average molecular weight is 472 g/mol. The van der Waals surface area contributed by atoms with Gasteiger partial charge in [0.05, 0.1) is 34.8 Å². The van der Waals surface area contributed by atoms with Crippen molar-refractivity contribution in [2.75, 3.05) is 7.11 Å². The van der Waals surface area contributed by atoms with E-state index >= 15 is 0 Å². The molecular weight excluding hydrogens is 442 g/mol. The summed E-state index contributed by atoms with van der Waals surface area (Å²) in [5.41, 5.74) is 3.08. The van der Waals surface area contributed by atoms with Crippen LogP contribution in [0.3, 0.4) is 0 Å². The van der Waals surface area contributed by atoms with Crippen molar-refractivity contribution in [2.24, 2.45) is 5.92 Å². The fourth-order valence-electron chi connectivity index (χ4n) is 3.19. The van der Waals surface area contributed by atoms with Crippen LogP contribution in [0.25, 0.3) is 10.6 Å². The zero-order valence-electron chi connectivity index (χ0n) is 19.3. The molecule has 8 heteroatoms. The first-order valence-corrected chi connectivity index (χ1v) is 12.2. The highest BCUT2D eigenvalue weighted by atomic mass is 32.1. The first-order valence-electron chi connectivity index (χ1n) is 10.6. The Bertz CT molecular complexity index is 1120. The van der Waals surface area contributed by atoms with Gasteiger partial charge in [0.25, 0.3) is 5.91 Å². The standard InChI is InChI=1S/C24H29N3O3S2/c1-13(2)14(3)26-24(29)18-7-17(9-20(10-18)30-6)8-19(28)11-22-27-21(12-31-22)23-15(4)25-16(5)32-23/h7,9-10,12-14H,8,11H2,1-6H3,(H,26,29). The lowest BCUT2D eigenvalue weighted by molar-refractivity contribution is -0.117. The lowest BCUT2D eigenvalue weighted by Crippen LogP contribution is -2.36. The van der Waals surface area contributed by atoms with E-state index in [0.717, 1.165) is 31.8 Å². The molecule has 6 nitrogen and oxygen atoms in total. The van der Waals surface area contributed by atoms with Crippen LogP contribution >= 0.6 is 22.7 Å². The van der Waals surface area contributed by atoms with Crippen LogP contribution in [0.15, 0.2) is 23.6 Å². The molecule has 1 aromatic carbocycles. The van der Waals surface area contributed by atoms with E-state index in [-0.39, 0.29) is 30.6 Å². The normalized spacial score (nSPS) is 12.1. The molecule has 3 aromatic rings. The summed E-state index contributed by atoms with van der Waals surface area (Å²) in [5.74, 6) is 0.758. The smallest absolute Gasteiger partial charge is 0.251 e. The zero-order chi connectivity index (χ0) is 23.4. The average Bonchev–Trinajstić information content (AvgIpc) is 3.32. The summed E-state index contributed by atoms with van der Waals surface area (Å²) < 4.78 is 5.36. The van der Waals surface area contributed by atoms with Gasteiger partial charge < -0.3 is 10.1 Å². The number of ether oxygens (including phenoxy) is 1. The number of benzene rings is 1. The van der Waals surface area contributed by atoms with E-state index in [9.17, 15) is 9.59 Å². The molecule has 0 spiro atoms. The topological polar surface area (TPSA) is 81.2 Å². The van der Waals surface area contributed by atoms with Crippen LogP contribution in [-0.4, -0.2) is 34.8 Å². The highest BCUT2D eigenvalue weighted by Crippen LogP contribution is 2.30. The second-order valence-electron chi connectivity index (χ2n) is 8.24. The third-order valence-corrected chi connectivity index (χ3v) is 7.20. The molecule has 2 aromatic heterocycles. The molecule has 1 N–H and O–H groups in total. The van der Waals surface area contributed by atoms with Gasteiger partial charge in [-0.25, -0.2) is 9.97 Å². The van der Waals surface area contributed by atoms with Gasteiger partial charge in [-0.15, -0.1) is 22.7 Å². The van der Waals surface area contributed by atoms with E-state index in [2.05, 4.69) is 29.1 Å². The molecule has 1 unspecified atom stereocenters. The number of aromatic nitrogens is 2. The van der Waals surface area contributed by atoms with E-state index < -0.39 is 0 Å². The number of amides is 1. The molecule has 1 atom stereocenters. The molecule has 0 aliphatic heterocycles. The summed E-state index contributed by atoms with van der Waals surface area (Å²) in [6, 6.07) is 5.31. The Morgan fingerprint density at radius 3 is 2.47 bits per heavy atom. The number of ketones is 1. The minimum absolute atomic E-state index is 0.0401. The SMILES string of the molecule is COc1cc(CC(=O)Cc2nc(-c3sc(C)nc3C)cs2)cc(C(=O)NC(C)C(C)C)c1. The zero-order valence-corrected chi connectivity index (χ0v) is 20.9. The van der Waals surface area contributed by atoms with Gasteiger partial charge in [0.1, 0.15) is 16.5 Å². The van der Waals surface area contributed by atoms with Crippen molar-refractivity contribution in [3.8, 4) is 16.3 Å². The summed E-state index contributed by atoms with van der Waals surface area (Å²) >= 11 is 3.10. The molecule has 1 amide bonds. The van der Waals surface area contributed by atoms with E-state index in [1.54, 1.807) is 36.6 Å². The third kappa shape index (κ3) is 6.01. The van der Waals surface area contributed by atoms with Crippen LogP contribution < -0.4 is 10.1 Å². The number of nitrogens with one attached hydrogen (secondary N) is 1. The monoisotopic (exact) mass is 471 g/mol. The Morgan fingerprint density at radius 1 is 1.09 bits per heavy atom. The van der Waals surface area contributed by atoms with Gasteiger partial charge >= 0.3 is 0 Å². The maximum absolute atomic E-state index is 12.8. The van der Waals surface area contributed by atoms with Crippen molar-refractivity contribution in [1.82, 2.24) is 15.3 Å². The van der Waals surface area contributed by atoms with E-state index in [1.807, 2.05) is 26.2 Å². The van der Waals surface area contributed by atoms with Gasteiger partial charge in [-0.05, 0) is 50.5 Å². The molecule has 0 saturated carbocycles. The fourth-order valence-corrected chi connectivity index (χ4v) is 4.96. The molecule has 32 heavy (non-hydrogen) atoms. The largest absolute Gasteiger partial charge is 0.497 e. The van der Waals surface area contributed by atoms with Crippen molar-refractivity contribution < 1.29 is 14.3 Å². The van der Waals surface area contributed by atoms with E-state index in [4.69, 9.17) is 4.74 Å².